The number of halogens is 1. The molecule has 1 heterocycles. The zero-order valence-corrected chi connectivity index (χ0v) is 14.0. The lowest BCUT2D eigenvalue weighted by atomic mass is 10.1. The van der Waals surface area contributed by atoms with Crippen molar-refractivity contribution in [3.63, 3.8) is 0 Å². The molecule has 0 atom stereocenters. The van der Waals surface area contributed by atoms with Crippen molar-refractivity contribution in [3.05, 3.63) is 47.9 Å². The molecule has 2 N–H and O–H groups in total. The van der Waals surface area contributed by atoms with E-state index in [1.807, 2.05) is 18.2 Å². The Labute approximate surface area is 142 Å². The summed E-state index contributed by atoms with van der Waals surface area (Å²) in [4.78, 5) is 8.89. The molecule has 5 heteroatoms. The van der Waals surface area contributed by atoms with Gasteiger partial charge in [0.1, 0.15) is 11.6 Å². The predicted molar refractivity (Wildman–Crippen MR) is 95.7 cm³/mol. The van der Waals surface area contributed by atoms with Crippen LogP contribution in [0.15, 0.2) is 36.5 Å². The van der Waals surface area contributed by atoms with Gasteiger partial charge in [-0.1, -0.05) is 37.8 Å². The van der Waals surface area contributed by atoms with Gasteiger partial charge in [-0.2, -0.15) is 4.98 Å². The van der Waals surface area contributed by atoms with E-state index in [1.54, 1.807) is 6.20 Å². The number of nitrogens with zero attached hydrogens (tertiary/aromatic N) is 2. The first kappa shape index (κ1) is 16.7. The molecule has 3 rings (SSSR count). The Morgan fingerprint density at radius 1 is 1.00 bits per heavy atom. The number of anilines is 2. The molecular formula is C19H25FN4. The van der Waals surface area contributed by atoms with Crippen LogP contribution in [-0.4, -0.2) is 22.6 Å². The van der Waals surface area contributed by atoms with Crippen molar-refractivity contribution >= 4 is 11.8 Å². The average Bonchev–Trinajstić information content (AvgIpc) is 2.86. The normalized spacial score (nSPS) is 15.7. The van der Waals surface area contributed by atoms with Crippen molar-refractivity contribution < 1.29 is 4.39 Å². The predicted octanol–water partition coefficient (Wildman–Crippen LogP) is 4.41. The molecule has 0 saturated heterocycles. The van der Waals surface area contributed by atoms with Gasteiger partial charge in [-0.05, 0) is 43.0 Å². The van der Waals surface area contributed by atoms with Crippen LogP contribution in [0.3, 0.4) is 0 Å². The second-order valence-corrected chi connectivity index (χ2v) is 6.40. The molecule has 128 valence electrons. The first-order chi connectivity index (χ1) is 11.8. The fourth-order valence-electron chi connectivity index (χ4n) is 3.12. The van der Waals surface area contributed by atoms with E-state index in [2.05, 4.69) is 20.6 Å². The van der Waals surface area contributed by atoms with E-state index < -0.39 is 0 Å². The molecule has 4 nitrogen and oxygen atoms in total. The summed E-state index contributed by atoms with van der Waals surface area (Å²) in [5.41, 5.74) is 1.11. The smallest absolute Gasteiger partial charge is 0.224 e. The van der Waals surface area contributed by atoms with Crippen molar-refractivity contribution in [3.8, 4) is 0 Å². The lowest BCUT2D eigenvalue weighted by molar-refractivity contribution is 0.615. The fourth-order valence-corrected chi connectivity index (χ4v) is 3.12. The minimum absolute atomic E-state index is 0.197. The highest BCUT2D eigenvalue weighted by molar-refractivity contribution is 5.40. The Bertz CT molecular complexity index is 622. The maximum atomic E-state index is 12.9. The Hall–Kier alpha value is -2.17. The lowest BCUT2D eigenvalue weighted by Gasteiger charge is -2.16. The van der Waals surface area contributed by atoms with Crippen LogP contribution in [0.4, 0.5) is 16.2 Å². The molecule has 1 aromatic carbocycles. The quantitative estimate of drug-likeness (QED) is 0.772. The summed E-state index contributed by atoms with van der Waals surface area (Å²) in [7, 11) is 0. The van der Waals surface area contributed by atoms with Crippen LogP contribution in [0.25, 0.3) is 0 Å². The van der Waals surface area contributed by atoms with E-state index in [4.69, 9.17) is 0 Å². The van der Waals surface area contributed by atoms with Crippen LogP contribution >= 0.6 is 0 Å². The third-order valence-electron chi connectivity index (χ3n) is 4.48. The van der Waals surface area contributed by atoms with Crippen molar-refractivity contribution in [1.29, 1.82) is 0 Å². The summed E-state index contributed by atoms with van der Waals surface area (Å²) in [6, 6.07) is 8.99. The molecule has 24 heavy (non-hydrogen) atoms. The SMILES string of the molecule is Fc1ccc(CCNc2ccnc(NC3CCCCCC3)n2)cc1. The van der Waals surface area contributed by atoms with E-state index in [0.29, 0.717) is 12.0 Å². The summed E-state index contributed by atoms with van der Waals surface area (Å²) < 4.78 is 12.9. The molecule has 1 aliphatic carbocycles. The Morgan fingerprint density at radius 2 is 1.75 bits per heavy atom. The number of hydrogen-bond donors (Lipinski definition) is 2. The summed E-state index contributed by atoms with van der Waals surface area (Å²) in [6.45, 7) is 0.755. The summed E-state index contributed by atoms with van der Waals surface area (Å²) in [5, 5.41) is 6.78. The molecule has 0 radical (unpaired) electrons. The average molecular weight is 328 g/mol. The minimum atomic E-state index is -0.197. The Morgan fingerprint density at radius 3 is 2.50 bits per heavy atom. The first-order valence-corrected chi connectivity index (χ1v) is 8.87. The van der Waals surface area contributed by atoms with Crippen molar-refractivity contribution in [1.82, 2.24) is 9.97 Å². The van der Waals surface area contributed by atoms with E-state index in [0.717, 1.165) is 24.3 Å². The molecule has 0 unspecified atom stereocenters. The third kappa shape index (κ3) is 5.18. The molecule has 0 amide bonds. The molecule has 0 bridgehead atoms. The van der Waals surface area contributed by atoms with Crippen molar-refractivity contribution in [2.24, 2.45) is 0 Å². The zero-order valence-electron chi connectivity index (χ0n) is 14.0. The van der Waals surface area contributed by atoms with Gasteiger partial charge >= 0.3 is 0 Å². The lowest BCUT2D eigenvalue weighted by Crippen LogP contribution is -2.20. The second kappa shape index (κ2) is 8.62. The van der Waals surface area contributed by atoms with E-state index >= 15 is 0 Å². The highest BCUT2D eigenvalue weighted by Crippen LogP contribution is 2.20. The molecule has 1 fully saturated rings. The van der Waals surface area contributed by atoms with Gasteiger partial charge in [-0.25, -0.2) is 9.37 Å². The van der Waals surface area contributed by atoms with Gasteiger partial charge < -0.3 is 10.6 Å². The molecule has 1 saturated carbocycles. The molecule has 1 aromatic heterocycles. The monoisotopic (exact) mass is 328 g/mol. The van der Waals surface area contributed by atoms with Gasteiger partial charge in [0.15, 0.2) is 0 Å². The van der Waals surface area contributed by atoms with Crippen LogP contribution in [0, 0.1) is 5.82 Å². The summed E-state index contributed by atoms with van der Waals surface area (Å²) >= 11 is 0. The number of hydrogen-bond acceptors (Lipinski definition) is 4. The molecule has 0 aliphatic heterocycles. The number of rotatable bonds is 6. The summed E-state index contributed by atoms with van der Waals surface area (Å²) in [6.07, 6.45) is 10.3. The number of aromatic nitrogens is 2. The minimum Gasteiger partial charge on any atom is -0.370 e. The topological polar surface area (TPSA) is 49.8 Å². The molecule has 1 aliphatic rings. The van der Waals surface area contributed by atoms with Gasteiger partial charge in [-0.15, -0.1) is 0 Å². The highest BCUT2D eigenvalue weighted by Gasteiger charge is 2.13. The number of nitrogens with one attached hydrogen (secondary N) is 2. The highest BCUT2D eigenvalue weighted by atomic mass is 19.1. The largest absolute Gasteiger partial charge is 0.370 e. The van der Waals surface area contributed by atoms with Gasteiger partial charge in [0.25, 0.3) is 0 Å². The maximum Gasteiger partial charge on any atom is 0.224 e. The zero-order chi connectivity index (χ0) is 16.6. The second-order valence-electron chi connectivity index (χ2n) is 6.40. The summed E-state index contributed by atoms with van der Waals surface area (Å²) in [5.74, 6) is 1.33. The Balaban J connectivity index is 1.50. The first-order valence-electron chi connectivity index (χ1n) is 8.87. The van der Waals surface area contributed by atoms with E-state index in [1.165, 1.54) is 50.7 Å². The van der Waals surface area contributed by atoms with E-state index in [-0.39, 0.29) is 5.82 Å². The van der Waals surface area contributed by atoms with Crippen LogP contribution in [0.2, 0.25) is 0 Å². The van der Waals surface area contributed by atoms with Crippen LogP contribution in [0.5, 0.6) is 0 Å². The standard InChI is InChI=1S/C19H25FN4/c20-16-9-7-15(8-10-16)11-13-21-18-12-14-22-19(24-18)23-17-5-3-1-2-4-6-17/h7-10,12,14,17H,1-6,11,13H2,(H2,21,22,23,24). The van der Waals surface area contributed by atoms with Gasteiger partial charge in [0.05, 0.1) is 0 Å². The molecule has 0 spiro atoms. The molecule has 2 aromatic rings. The van der Waals surface area contributed by atoms with Crippen molar-refractivity contribution in [2.45, 2.75) is 51.0 Å². The van der Waals surface area contributed by atoms with Gasteiger partial charge in [-0.3, -0.25) is 0 Å². The third-order valence-corrected chi connectivity index (χ3v) is 4.48. The maximum absolute atomic E-state index is 12.9. The fraction of sp³-hybridized carbons (Fsp3) is 0.474. The van der Waals surface area contributed by atoms with Gasteiger partial charge in [0.2, 0.25) is 5.95 Å². The van der Waals surface area contributed by atoms with Crippen molar-refractivity contribution in [2.75, 3.05) is 17.2 Å². The number of benzene rings is 1. The van der Waals surface area contributed by atoms with Gasteiger partial charge in [0, 0.05) is 18.8 Å². The van der Waals surface area contributed by atoms with Crippen LogP contribution in [-0.2, 0) is 6.42 Å². The van der Waals surface area contributed by atoms with E-state index in [9.17, 15) is 4.39 Å². The molecular weight excluding hydrogens is 303 g/mol. The van der Waals surface area contributed by atoms with Crippen LogP contribution in [0.1, 0.15) is 44.1 Å². The Kier molecular flexibility index (Phi) is 5.99. The van der Waals surface area contributed by atoms with Crippen LogP contribution < -0.4 is 10.6 Å².